The van der Waals surface area contributed by atoms with E-state index in [1.54, 1.807) is 30.3 Å². The lowest BCUT2D eigenvalue weighted by Crippen LogP contribution is -2.30. The summed E-state index contributed by atoms with van der Waals surface area (Å²) in [5.41, 5.74) is 2.28. The Labute approximate surface area is 184 Å². The fourth-order valence-corrected chi connectivity index (χ4v) is 3.43. The maximum atomic E-state index is 12.8. The summed E-state index contributed by atoms with van der Waals surface area (Å²) in [6.45, 7) is 1.83. The third-order valence-corrected chi connectivity index (χ3v) is 5.07. The number of carbonyl (C=O) groups is 2. The van der Waals surface area contributed by atoms with E-state index < -0.39 is 5.69 Å². The van der Waals surface area contributed by atoms with Gasteiger partial charge >= 0.3 is 5.69 Å². The topological polar surface area (TPSA) is 93.1 Å². The molecule has 0 saturated carbocycles. The zero-order chi connectivity index (χ0) is 22.5. The van der Waals surface area contributed by atoms with Gasteiger partial charge in [0.25, 0.3) is 0 Å². The molecule has 0 unspecified atom stereocenters. The molecular weight excluding hydrogens is 404 g/mol. The third-order valence-electron chi connectivity index (χ3n) is 5.07. The minimum Gasteiger partial charge on any atom is -0.365 e. The highest BCUT2D eigenvalue weighted by Crippen LogP contribution is 2.20. The van der Waals surface area contributed by atoms with Crippen molar-refractivity contribution >= 4 is 34.1 Å². The normalized spacial score (nSPS) is 10.7. The number of benzene rings is 3. The van der Waals surface area contributed by atoms with E-state index in [-0.39, 0.29) is 18.2 Å². The molecule has 0 fully saturated rings. The van der Waals surface area contributed by atoms with Crippen molar-refractivity contribution in [1.29, 1.82) is 0 Å². The van der Waals surface area contributed by atoms with Crippen LogP contribution < -0.4 is 16.3 Å². The Morgan fingerprint density at radius 1 is 0.906 bits per heavy atom. The summed E-state index contributed by atoms with van der Waals surface area (Å²) in [5.74, 6) is 0.0680. The maximum Gasteiger partial charge on any atom is 0.350 e. The van der Waals surface area contributed by atoms with Gasteiger partial charge in [-0.25, -0.2) is 4.79 Å². The van der Waals surface area contributed by atoms with E-state index in [1.807, 2.05) is 48.5 Å². The number of amides is 1. The number of hydrogen-bond donors (Lipinski definition) is 2. The third kappa shape index (κ3) is 4.73. The summed E-state index contributed by atoms with van der Waals surface area (Å²) in [6.07, 6.45) is 0. The highest BCUT2D eigenvalue weighted by molar-refractivity contribution is 5.96. The van der Waals surface area contributed by atoms with Gasteiger partial charge in [0.1, 0.15) is 12.4 Å². The summed E-state index contributed by atoms with van der Waals surface area (Å²) < 4.78 is 1.35. The molecule has 1 aromatic heterocycles. The number of carbonyl (C=O) groups excluding carboxylic acids is 2. The summed E-state index contributed by atoms with van der Waals surface area (Å²) in [6, 6.07) is 23.8. The van der Waals surface area contributed by atoms with E-state index in [0.29, 0.717) is 29.1 Å². The Balaban J connectivity index is 1.56. The van der Waals surface area contributed by atoms with Crippen molar-refractivity contribution in [3.05, 3.63) is 100 Å². The largest absolute Gasteiger partial charge is 0.365 e. The SMILES string of the molecule is CC(=O)c1ccc(NC(=O)Cn2c(=O)nc(NCc3ccccc3)c3ccccc32)cc1. The first-order valence-electron chi connectivity index (χ1n) is 10.2. The highest BCUT2D eigenvalue weighted by Gasteiger charge is 2.13. The quantitative estimate of drug-likeness (QED) is 0.438. The van der Waals surface area contributed by atoms with Gasteiger partial charge in [0.05, 0.1) is 5.52 Å². The first-order valence-corrected chi connectivity index (χ1v) is 10.2. The highest BCUT2D eigenvalue weighted by atomic mass is 16.2. The van der Waals surface area contributed by atoms with Gasteiger partial charge in [0.15, 0.2) is 5.78 Å². The monoisotopic (exact) mass is 426 g/mol. The predicted molar refractivity (Wildman–Crippen MR) is 125 cm³/mol. The van der Waals surface area contributed by atoms with Crippen LogP contribution in [0, 0.1) is 0 Å². The van der Waals surface area contributed by atoms with Gasteiger partial charge in [-0.2, -0.15) is 4.98 Å². The summed E-state index contributed by atoms with van der Waals surface area (Å²) in [5, 5.41) is 6.73. The summed E-state index contributed by atoms with van der Waals surface area (Å²) in [7, 11) is 0. The van der Waals surface area contributed by atoms with Crippen molar-refractivity contribution in [2.24, 2.45) is 0 Å². The van der Waals surface area contributed by atoms with E-state index in [9.17, 15) is 14.4 Å². The van der Waals surface area contributed by atoms with Crippen LogP contribution >= 0.6 is 0 Å². The van der Waals surface area contributed by atoms with E-state index in [2.05, 4.69) is 15.6 Å². The molecule has 2 N–H and O–H groups in total. The molecule has 1 heterocycles. The predicted octanol–water partition coefficient (Wildman–Crippen LogP) is 3.85. The van der Waals surface area contributed by atoms with Crippen LogP contribution in [0.3, 0.4) is 0 Å². The van der Waals surface area contributed by atoms with Crippen LogP contribution in [-0.2, 0) is 17.9 Å². The second-order valence-electron chi connectivity index (χ2n) is 7.37. The number of aromatic nitrogens is 2. The van der Waals surface area contributed by atoms with E-state index >= 15 is 0 Å². The second-order valence-corrected chi connectivity index (χ2v) is 7.37. The van der Waals surface area contributed by atoms with Crippen molar-refractivity contribution in [2.45, 2.75) is 20.0 Å². The van der Waals surface area contributed by atoms with Crippen LogP contribution in [0.1, 0.15) is 22.8 Å². The Bertz CT molecular complexity index is 1330. The smallest absolute Gasteiger partial charge is 0.350 e. The number of rotatable bonds is 7. The molecule has 0 atom stereocenters. The Kier molecular flexibility index (Phi) is 6.07. The number of Topliss-reactive ketones (excluding diaryl/α,β-unsaturated/α-hetero) is 1. The molecule has 0 spiro atoms. The maximum absolute atomic E-state index is 12.8. The summed E-state index contributed by atoms with van der Waals surface area (Å²) in [4.78, 5) is 41.0. The zero-order valence-corrected chi connectivity index (χ0v) is 17.5. The Hall–Kier alpha value is -4.26. The van der Waals surface area contributed by atoms with E-state index in [4.69, 9.17) is 0 Å². The minimum atomic E-state index is -0.513. The van der Waals surface area contributed by atoms with Crippen LogP contribution in [0.4, 0.5) is 11.5 Å². The van der Waals surface area contributed by atoms with E-state index in [0.717, 1.165) is 10.9 Å². The molecule has 0 radical (unpaired) electrons. The average Bonchev–Trinajstić information content (AvgIpc) is 2.81. The van der Waals surface area contributed by atoms with Gasteiger partial charge in [0.2, 0.25) is 5.91 Å². The van der Waals surface area contributed by atoms with Crippen molar-refractivity contribution in [3.8, 4) is 0 Å². The zero-order valence-electron chi connectivity index (χ0n) is 17.5. The number of ketones is 1. The molecule has 0 aliphatic carbocycles. The lowest BCUT2D eigenvalue weighted by Gasteiger charge is -2.14. The van der Waals surface area contributed by atoms with Gasteiger partial charge in [-0.15, -0.1) is 0 Å². The van der Waals surface area contributed by atoms with Crippen LogP contribution in [0.5, 0.6) is 0 Å². The molecular formula is C25H22N4O3. The minimum absolute atomic E-state index is 0.0482. The van der Waals surface area contributed by atoms with Crippen LogP contribution in [-0.4, -0.2) is 21.2 Å². The lowest BCUT2D eigenvalue weighted by molar-refractivity contribution is -0.116. The van der Waals surface area contributed by atoms with Crippen molar-refractivity contribution < 1.29 is 9.59 Å². The number of nitrogens with one attached hydrogen (secondary N) is 2. The first kappa shape index (κ1) is 21.0. The van der Waals surface area contributed by atoms with E-state index in [1.165, 1.54) is 11.5 Å². The fraction of sp³-hybridized carbons (Fsp3) is 0.120. The van der Waals surface area contributed by atoms with Crippen LogP contribution in [0.25, 0.3) is 10.9 Å². The first-order chi connectivity index (χ1) is 15.5. The number of hydrogen-bond acceptors (Lipinski definition) is 5. The Morgan fingerprint density at radius 2 is 1.59 bits per heavy atom. The molecule has 4 aromatic rings. The standard InChI is InChI=1S/C25H22N4O3/c1-17(30)19-11-13-20(14-12-19)27-23(31)16-29-22-10-6-5-9-21(22)24(28-25(29)32)26-15-18-7-3-2-4-8-18/h2-14H,15-16H2,1H3,(H,27,31)(H,26,28,32). The molecule has 32 heavy (non-hydrogen) atoms. The van der Waals surface area contributed by atoms with Gasteiger partial charge in [-0.1, -0.05) is 42.5 Å². The molecule has 0 aliphatic rings. The summed E-state index contributed by atoms with van der Waals surface area (Å²) >= 11 is 0. The molecule has 0 aliphatic heterocycles. The number of nitrogens with zero attached hydrogens (tertiary/aromatic N) is 2. The van der Waals surface area contributed by atoms with Gasteiger partial charge in [-0.05, 0) is 48.9 Å². The van der Waals surface area contributed by atoms with Crippen molar-refractivity contribution in [3.63, 3.8) is 0 Å². The molecule has 7 nitrogen and oxygen atoms in total. The molecule has 160 valence electrons. The second kappa shape index (κ2) is 9.26. The van der Waals surface area contributed by atoms with Gasteiger partial charge in [0, 0.05) is 23.2 Å². The lowest BCUT2D eigenvalue weighted by atomic mass is 10.1. The Morgan fingerprint density at radius 3 is 2.31 bits per heavy atom. The molecule has 3 aromatic carbocycles. The molecule has 0 saturated heterocycles. The number of fused-ring (bicyclic) bond motifs is 1. The molecule has 1 amide bonds. The fourth-order valence-electron chi connectivity index (χ4n) is 3.43. The molecule has 7 heteroatoms. The molecule has 4 rings (SSSR count). The van der Waals surface area contributed by atoms with Crippen molar-refractivity contribution in [1.82, 2.24) is 9.55 Å². The van der Waals surface area contributed by atoms with Crippen molar-refractivity contribution in [2.75, 3.05) is 10.6 Å². The number of para-hydroxylation sites is 1. The number of anilines is 2. The van der Waals surface area contributed by atoms with Crippen LogP contribution in [0.2, 0.25) is 0 Å². The van der Waals surface area contributed by atoms with Gasteiger partial charge < -0.3 is 10.6 Å². The van der Waals surface area contributed by atoms with Gasteiger partial charge in [-0.3, -0.25) is 14.2 Å². The average molecular weight is 426 g/mol. The van der Waals surface area contributed by atoms with Crippen LogP contribution in [0.15, 0.2) is 83.7 Å². The molecule has 0 bridgehead atoms.